The first-order chi connectivity index (χ1) is 14.5. The molecule has 1 heterocycles. The summed E-state index contributed by atoms with van der Waals surface area (Å²) in [6.07, 6.45) is 3.52. The third-order valence-electron chi connectivity index (χ3n) is 6.72. The first-order valence-electron chi connectivity index (χ1n) is 11.5. The summed E-state index contributed by atoms with van der Waals surface area (Å²) in [6.45, 7) is 19.2. The number of hydrogen-bond acceptors (Lipinski definition) is 4. The molecule has 2 atom stereocenters. The van der Waals surface area contributed by atoms with Gasteiger partial charge in [-0.3, -0.25) is 9.69 Å². The first-order valence-corrected chi connectivity index (χ1v) is 11.5. The summed E-state index contributed by atoms with van der Waals surface area (Å²) >= 11 is 0. The fraction of sp³-hybridized carbons (Fsp3) is 0.640. The first kappa shape index (κ1) is 25.6. The van der Waals surface area contributed by atoms with Crippen molar-refractivity contribution in [3.05, 3.63) is 42.5 Å². The normalized spacial score (nSPS) is 18.5. The predicted octanol–water partition coefficient (Wildman–Crippen LogP) is 3.25. The molecule has 5 nitrogen and oxygen atoms in total. The van der Waals surface area contributed by atoms with Crippen LogP contribution in [0.25, 0.3) is 0 Å². The number of amides is 1. The van der Waals surface area contributed by atoms with Crippen molar-refractivity contribution in [1.82, 2.24) is 9.80 Å². The highest BCUT2D eigenvalue weighted by Crippen LogP contribution is 2.31. The Morgan fingerprint density at radius 3 is 2.23 bits per heavy atom. The predicted molar refractivity (Wildman–Crippen MR) is 129 cm³/mol. The van der Waals surface area contributed by atoms with Gasteiger partial charge in [-0.05, 0) is 65.5 Å². The van der Waals surface area contributed by atoms with E-state index in [1.54, 1.807) is 21.3 Å². The highest BCUT2D eigenvalue weighted by Gasteiger charge is 2.40. The average molecular weight is 427 g/mol. The second kappa shape index (κ2) is 10.8. The van der Waals surface area contributed by atoms with Crippen LogP contribution in [0.2, 0.25) is 0 Å². The van der Waals surface area contributed by atoms with Gasteiger partial charge in [-0.2, -0.15) is 0 Å². The Hall–Kier alpha value is -1.63. The molecule has 0 spiro atoms. The Morgan fingerprint density at radius 1 is 1.16 bits per heavy atom. The maximum Gasteiger partial charge on any atom is 0.330 e. The molecule has 1 aromatic rings. The monoisotopic (exact) mass is 427 g/mol. The van der Waals surface area contributed by atoms with Crippen LogP contribution in [0.3, 0.4) is 0 Å². The van der Waals surface area contributed by atoms with E-state index in [0.717, 1.165) is 38.1 Å². The lowest BCUT2D eigenvalue weighted by Gasteiger charge is -2.41. The number of nitrogens with zero attached hydrogens (tertiary/aromatic N) is 2. The van der Waals surface area contributed by atoms with Crippen LogP contribution in [0.1, 0.15) is 64.7 Å². The van der Waals surface area contributed by atoms with Crippen LogP contribution in [0.15, 0.2) is 36.9 Å². The quantitative estimate of drug-likeness (QED) is 0.460. The summed E-state index contributed by atoms with van der Waals surface area (Å²) in [7, 11) is 1.69. The van der Waals surface area contributed by atoms with Gasteiger partial charge in [0, 0.05) is 37.8 Å². The number of piperazine rings is 1. The molecule has 0 bridgehead atoms. The molecule has 0 aliphatic carbocycles. The number of benzene rings is 1. The second-order valence-electron chi connectivity index (χ2n) is 9.82. The zero-order chi connectivity index (χ0) is 23.2. The second-order valence-corrected chi connectivity index (χ2v) is 9.82. The molecule has 31 heavy (non-hydrogen) atoms. The molecule has 0 saturated carbocycles. The van der Waals surface area contributed by atoms with E-state index in [-0.39, 0.29) is 5.91 Å². The molecule has 2 rings (SSSR count). The molecular formula is C25H40BN2O3. The Labute approximate surface area is 189 Å². The minimum absolute atomic E-state index is 0.0793. The van der Waals surface area contributed by atoms with E-state index in [1.165, 1.54) is 0 Å². The zero-order valence-electron chi connectivity index (χ0n) is 20.2. The molecule has 1 N–H and O–H groups in total. The molecule has 171 valence electrons. The topological polar surface area (TPSA) is 53.0 Å². The third kappa shape index (κ3) is 6.93. The van der Waals surface area contributed by atoms with Gasteiger partial charge in [0.1, 0.15) is 0 Å². The number of carbonyl (C=O) groups excluding carboxylic acids is 1. The Balaban J connectivity index is 1.96. The molecule has 1 aromatic carbocycles. The molecule has 1 aliphatic rings. The van der Waals surface area contributed by atoms with Crippen LogP contribution in [0.5, 0.6) is 0 Å². The van der Waals surface area contributed by atoms with Gasteiger partial charge in [0.2, 0.25) is 0 Å². The number of aliphatic hydroxyl groups is 1. The molecule has 1 saturated heterocycles. The van der Waals surface area contributed by atoms with E-state index >= 15 is 0 Å². The van der Waals surface area contributed by atoms with E-state index in [0.29, 0.717) is 23.9 Å². The molecular weight excluding hydrogens is 387 g/mol. The Morgan fingerprint density at radius 2 is 1.74 bits per heavy atom. The fourth-order valence-corrected chi connectivity index (χ4v) is 3.66. The number of allylic oxidation sites excluding steroid dienone is 1. The number of rotatable bonds is 10. The van der Waals surface area contributed by atoms with Crippen LogP contribution in [-0.4, -0.2) is 71.7 Å². The van der Waals surface area contributed by atoms with Crippen LogP contribution in [0, 0.1) is 5.92 Å². The van der Waals surface area contributed by atoms with Crippen molar-refractivity contribution in [1.29, 1.82) is 0 Å². The summed E-state index contributed by atoms with van der Waals surface area (Å²) in [4.78, 5) is 17.2. The van der Waals surface area contributed by atoms with E-state index < -0.39 is 11.2 Å². The summed E-state index contributed by atoms with van der Waals surface area (Å²) in [6, 6.07) is 8.02. The highest BCUT2D eigenvalue weighted by atomic mass is 16.5. The van der Waals surface area contributed by atoms with Crippen molar-refractivity contribution in [3.63, 3.8) is 0 Å². The van der Waals surface area contributed by atoms with Crippen molar-refractivity contribution < 1.29 is 14.6 Å². The molecule has 1 aliphatic heterocycles. The van der Waals surface area contributed by atoms with E-state index in [2.05, 4.69) is 32.3 Å². The molecule has 0 aromatic heterocycles. The maximum atomic E-state index is 12.8. The van der Waals surface area contributed by atoms with Crippen molar-refractivity contribution in [2.75, 3.05) is 26.2 Å². The fourth-order valence-electron chi connectivity index (χ4n) is 3.66. The third-order valence-corrected chi connectivity index (χ3v) is 6.72. The van der Waals surface area contributed by atoms with Crippen molar-refractivity contribution in [2.45, 2.75) is 71.6 Å². The van der Waals surface area contributed by atoms with Crippen molar-refractivity contribution in [3.8, 4) is 0 Å². The summed E-state index contributed by atoms with van der Waals surface area (Å²) in [5.74, 6) is 0.439. The number of carbonyl (C=O) groups is 1. The molecule has 6 heteroatoms. The van der Waals surface area contributed by atoms with Gasteiger partial charge in [0.05, 0.1) is 11.2 Å². The SMILES string of the molecule is C=CC(C)CCC(C)(O[B]c1ccc(C(=O)N2CCN(C(C)C)CC2)cc1)C(C)(C)O. The minimum Gasteiger partial charge on any atom is -0.426 e. The van der Waals surface area contributed by atoms with Gasteiger partial charge in [0.15, 0.2) is 0 Å². The number of hydrogen-bond donors (Lipinski definition) is 1. The Bertz CT molecular complexity index is 721. The van der Waals surface area contributed by atoms with Crippen LogP contribution < -0.4 is 5.46 Å². The van der Waals surface area contributed by atoms with Crippen LogP contribution >= 0.6 is 0 Å². The Kier molecular flexibility index (Phi) is 8.93. The molecule has 1 amide bonds. The van der Waals surface area contributed by atoms with Gasteiger partial charge in [-0.25, -0.2) is 0 Å². The van der Waals surface area contributed by atoms with E-state index in [1.807, 2.05) is 42.2 Å². The van der Waals surface area contributed by atoms with Crippen LogP contribution in [-0.2, 0) is 4.65 Å². The van der Waals surface area contributed by atoms with Crippen molar-refractivity contribution in [2.24, 2.45) is 5.92 Å². The smallest absolute Gasteiger partial charge is 0.330 e. The lowest BCUT2D eigenvalue weighted by molar-refractivity contribution is -0.107. The average Bonchev–Trinajstić information content (AvgIpc) is 2.75. The zero-order valence-corrected chi connectivity index (χ0v) is 20.2. The summed E-state index contributed by atoms with van der Waals surface area (Å²) in [5, 5.41) is 10.7. The lowest BCUT2D eigenvalue weighted by atomic mass is 9.78. The van der Waals surface area contributed by atoms with Gasteiger partial charge >= 0.3 is 7.48 Å². The van der Waals surface area contributed by atoms with Gasteiger partial charge in [-0.1, -0.05) is 30.6 Å². The van der Waals surface area contributed by atoms with Crippen LogP contribution in [0.4, 0.5) is 0 Å². The lowest BCUT2D eigenvalue weighted by Crippen LogP contribution is -2.51. The standard InChI is InChI=1S/C25H40BN2O3/c1-8-20(4)13-14-25(7,24(5,6)30)31-26-22-11-9-21(10-12-22)23(29)28-17-15-27(16-18-28)19(2)3/h8-12,19-20,30H,1,13-18H2,2-7H3. The van der Waals surface area contributed by atoms with Crippen molar-refractivity contribution >= 4 is 18.9 Å². The highest BCUT2D eigenvalue weighted by molar-refractivity contribution is 6.47. The van der Waals surface area contributed by atoms with E-state index in [4.69, 9.17) is 4.65 Å². The summed E-state index contributed by atoms with van der Waals surface area (Å²) in [5.41, 5.74) is -0.165. The maximum absolute atomic E-state index is 12.8. The van der Waals surface area contributed by atoms with Gasteiger partial charge < -0.3 is 14.7 Å². The molecule has 1 radical (unpaired) electrons. The van der Waals surface area contributed by atoms with E-state index in [9.17, 15) is 9.90 Å². The summed E-state index contributed by atoms with van der Waals surface area (Å²) < 4.78 is 6.12. The van der Waals surface area contributed by atoms with Gasteiger partial charge in [0.25, 0.3) is 5.91 Å². The van der Waals surface area contributed by atoms with Gasteiger partial charge in [-0.15, -0.1) is 6.58 Å². The molecule has 1 fully saturated rings. The largest absolute Gasteiger partial charge is 0.426 e. The molecule has 2 unspecified atom stereocenters. The minimum atomic E-state index is -1.00.